The van der Waals surface area contributed by atoms with Gasteiger partial charge in [-0.3, -0.25) is 4.79 Å². The van der Waals surface area contributed by atoms with Gasteiger partial charge in [0, 0.05) is 18.9 Å². The molecule has 1 rings (SSSR count). The summed E-state index contributed by atoms with van der Waals surface area (Å²) in [6.07, 6.45) is -0.717. The largest absolute Gasteiger partial charge is 0.496 e. The van der Waals surface area contributed by atoms with Crippen molar-refractivity contribution in [1.82, 2.24) is 5.32 Å². The Labute approximate surface area is 137 Å². The highest BCUT2D eigenvalue weighted by molar-refractivity contribution is 6.07. The third-order valence-corrected chi connectivity index (χ3v) is 3.32. The maximum Gasteiger partial charge on any atom is 0.341 e. The molecule has 0 aromatic heterocycles. The average Bonchev–Trinajstić information content (AvgIpc) is 2.52. The van der Waals surface area contributed by atoms with Crippen LogP contribution in [0.4, 0.5) is 0 Å². The van der Waals surface area contributed by atoms with Gasteiger partial charge in [0.2, 0.25) is 11.4 Å². The summed E-state index contributed by atoms with van der Waals surface area (Å²) in [7, 11) is 2.41. The van der Waals surface area contributed by atoms with Crippen LogP contribution in [0.15, 0.2) is 18.2 Å². The Morgan fingerprint density at radius 1 is 1.12 bits per heavy atom. The van der Waals surface area contributed by atoms with Crippen molar-refractivity contribution in [2.75, 3.05) is 14.2 Å². The maximum absolute atomic E-state index is 11.9. The second kappa shape index (κ2) is 7.44. The monoisotopic (exact) mass is 339 g/mol. The lowest BCUT2D eigenvalue weighted by Crippen LogP contribution is -2.61. The third-order valence-electron chi connectivity index (χ3n) is 3.32. The lowest BCUT2D eigenvalue weighted by Gasteiger charge is -2.27. The van der Waals surface area contributed by atoms with E-state index >= 15 is 0 Å². The van der Waals surface area contributed by atoms with Gasteiger partial charge in [-0.1, -0.05) is 6.07 Å². The summed E-state index contributed by atoms with van der Waals surface area (Å²) in [6.45, 7) is 0.990. The molecule has 130 valence electrons. The fraction of sp³-hybridized carbons (Fsp3) is 0.333. The summed E-state index contributed by atoms with van der Waals surface area (Å²) in [4.78, 5) is 46.4. The van der Waals surface area contributed by atoms with Crippen LogP contribution in [0.5, 0.6) is 5.75 Å². The Bertz CT molecular complexity index is 668. The molecule has 1 amide bonds. The van der Waals surface area contributed by atoms with Crippen LogP contribution in [0.2, 0.25) is 0 Å². The number of carboxylic acids is 2. The number of carbonyl (C=O) groups excluding carboxylic acids is 2. The van der Waals surface area contributed by atoms with Crippen molar-refractivity contribution in [3.05, 3.63) is 29.3 Å². The van der Waals surface area contributed by atoms with Gasteiger partial charge in [-0.25, -0.2) is 14.4 Å². The van der Waals surface area contributed by atoms with Crippen molar-refractivity contribution in [2.24, 2.45) is 0 Å². The number of aliphatic carboxylic acids is 2. The van der Waals surface area contributed by atoms with Gasteiger partial charge >= 0.3 is 17.9 Å². The van der Waals surface area contributed by atoms with Gasteiger partial charge in [-0.2, -0.15) is 0 Å². The molecular formula is C15H17NO8. The van der Waals surface area contributed by atoms with Gasteiger partial charge in [0.15, 0.2) is 0 Å². The predicted molar refractivity (Wildman–Crippen MR) is 79.9 cm³/mol. The molecule has 0 atom stereocenters. The number of hydrogen-bond acceptors (Lipinski definition) is 6. The van der Waals surface area contributed by atoms with Gasteiger partial charge in [-0.05, 0) is 12.1 Å². The number of methoxy groups -OCH3 is 2. The van der Waals surface area contributed by atoms with E-state index in [9.17, 15) is 29.4 Å². The SMILES string of the molecule is COC(=O)c1cccc(OC)c1CC(NC(C)=O)(C(=O)O)C(=O)O. The summed E-state index contributed by atoms with van der Waals surface area (Å²) < 4.78 is 9.70. The Kier molecular flexibility index (Phi) is 5.88. The number of carbonyl (C=O) groups is 4. The first-order chi connectivity index (χ1) is 11.2. The highest BCUT2D eigenvalue weighted by atomic mass is 16.5. The number of nitrogens with one attached hydrogen (secondary N) is 1. The Morgan fingerprint density at radius 3 is 2.12 bits per heavy atom. The van der Waals surface area contributed by atoms with E-state index in [2.05, 4.69) is 4.74 Å². The molecule has 0 aliphatic carbocycles. The van der Waals surface area contributed by atoms with E-state index in [-0.39, 0.29) is 16.9 Å². The van der Waals surface area contributed by atoms with E-state index in [0.29, 0.717) is 0 Å². The fourth-order valence-electron chi connectivity index (χ4n) is 2.20. The highest BCUT2D eigenvalue weighted by Crippen LogP contribution is 2.28. The van der Waals surface area contributed by atoms with Crippen LogP contribution in [0.1, 0.15) is 22.8 Å². The molecule has 0 saturated carbocycles. The molecule has 0 heterocycles. The van der Waals surface area contributed by atoms with Crippen molar-refractivity contribution in [3.63, 3.8) is 0 Å². The molecular weight excluding hydrogens is 322 g/mol. The molecule has 9 nitrogen and oxygen atoms in total. The van der Waals surface area contributed by atoms with E-state index in [4.69, 9.17) is 4.74 Å². The normalized spacial score (nSPS) is 10.6. The number of hydrogen-bond donors (Lipinski definition) is 3. The number of carboxylic acid groups (broad SMARTS) is 2. The van der Waals surface area contributed by atoms with Gasteiger partial charge < -0.3 is 25.0 Å². The molecule has 0 spiro atoms. The van der Waals surface area contributed by atoms with Gasteiger partial charge in [0.25, 0.3) is 0 Å². The Hall–Kier alpha value is -3.10. The van der Waals surface area contributed by atoms with E-state index in [1.807, 2.05) is 5.32 Å². The number of amides is 1. The van der Waals surface area contributed by atoms with Gasteiger partial charge in [0.1, 0.15) is 5.75 Å². The number of ether oxygens (including phenoxy) is 2. The fourth-order valence-corrected chi connectivity index (χ4v) is 2.20. The van der Waals surface area contributed by atoms with Crippen LogP contribution < -0.4 is 10.1 Å². The summed E-state index contributed by atoms with van der Waals surface area (Å²) in [5.74, 6) is -5.13. The molecule has 0 unspecified atom stereocenters. The molecule has 0 radical (unpaired) electrons. The summed E-state index contributed by atoms with van der Waals surface area (Å²) in [5, 5.41) is 20.7. The molecule has 0 aliphatic rings. The molecule has 0 aliphatic heterocycles. The topological polar surface area (TPSA) is 139 Å². The van der Waals surface area contributed by atoms with Crippen molar-refractivity contribution in [3.8, 4) is 5.75 Å². The minimum Gasteiger partial charge on any atom is -0.496 e. The molecule has 1 aromatic carbocycles. The first-order valence-electron chi connectivity index (χ1n) is 6.69. The zero-order valence-corrected chi connectivity index (χ0v) is 13.3. The van der Waals surface area contributed by atoms with E-state index in [1.54, 1.807) is 0 Å². The molecule has 24 heavy (non-hydrogen) atoms. The van der Waals surface area contributed by atoms with Crippen LogP contribution >= 0.6 is 0 Å². The highest BCUT2D eigenvalue weighted by Gasteiger charge is 2.49. The van der Waals surface area contributed by atoms with Crippen LogP contribution in [0.25, 0.3) is 0 Å². The van der Waals surface area contributed by atoms with Crippen molar-refractivity contribution in [2.45, 2.75) is 18.9 Å². The first kappa shape index (κ1) is 18.9. The van der Waals surface area contributed by atoms with E-state index < -0.39 is 35.8 Å². The zero-order valence-electron chi connectivity index (χ0n) is 13.3. The Morgan fingerprint density at radius 2 is 1.71 bits per heavy atom. The number of rotatable bonds is 7. The average molecular weight is 339 g/mol. The lowest BCUT2D eigenvalue weighted by atomic mass is 9.87. The Balaban J connectivity index is 3.57. The third kappa shape index (κ3) is 3.62. The van der Waals surface area contributed by atoms with Crippen LogP contribution in [0.3, 0.4) is 0 Å². The smallest absolute Gasteiger partial charge is 0.341 e. The minimum atomic E-state index is -2.66. The summed E-state index contributed by atoms with van der Waals surface area (Å²) in [5.41, 5.74) is -2.73. The van der Waals surface area contributed by atoms with Gasteiger partial charge in [-0.15, -0.1) is 0 Å². The zero-order chi connectivity index (χ0) is 18.5. The molecule has 1 aromatic rings. The van der Waals surface area contributed by atoms with Crippen molar-refractivity contribution < 1.29 is 38.9 Å². The molecule has 0 saturated heterocycles. The van der Waals surface area contributed by atoms with Gasteiger partial charge in [0.05, 0.1) is 19.8 Å². The van der Waals surface area contributed by atoms with E-state index in [1.165, 1.54) is 25.3 Å². The second-order valence-electron chi connectivity index (χ2n) is 4.85. The van der Waals surface area contributed by atoms with Crippen LogP contribution in [0, 0.1) is 0 Å². The van der Waals surface area contributed by atoms with E-state index in [0.717, 1.165) is 14.0 Å². The second-order valence-corrected chi connectivity index (χ2v) is 4.85. The molecule has 0 bridgehead atoms. The predicted octanol–water partition coefficient (Wildman–Crippen LogP) is 0.0684. The van der Waals surface area contributed by atoms with Crippen molar-refractivity contribution >= 4 is 23.8 Å². The van der Waals surface area contributed by atoms with Crippen LogP contribution in [-0.4, -0.2) is 53.8 Å². The number of esters is 1. The maximum atomic E-state index is 11.9. The molecule has 9 heteroatoms. The van der Waals surface area contributed by atoms with Crippen LogP contribution in [-0.2, 0) is 25.5 Å². The standard InChI is InChI=1S/C15H17NO8/c1-8(17)16-15(13(19)20,14(21)22)7-10-9(12(18)24-3)5-4-6-11(10)23-2/h4-6H,7H2,1-3H3,(H,16,17)(H,19,20)(H,21,22). The quantitative estimate of drug-likeness (QED) is 0.468. The number of benzene rings is 1. The molecule has 0 fully saturated rings. The van der Waals surface area contributed by atoms with Crippen molar-refractivity contribution in [1.29, 1.82) is 0 Å². The lowest BCUT2D eigenvalue weighted by molar-refractivity contribution is -0.161. The summed E-state index contributed by atoms with van der Waals surface area (Å²) in [6, 6.07) is 4.24. The molecule has 3 N–H and O–H groups in total. The first-order valence-corrected chi connectivity index (χ1v) is 6.69. The minimum absolute atomic E-state index is 0.00889. The summed E-state index contributed by atoms with van der Waals surface area (Å²) >= 11 is 0.